The third-order valence-corrected chi connectivity index (χ3v) is 5.42. The predicted octanol–water partition coefficient (Wildman–Crippen LogP) is 2.99. The van der Waals surface area contributed by atoms with Crippen molar-refractivity contribution in [3.63, 3.8) is 0 Å². The molecule has 0 unspecified atom stereocenters. The van der Waals surface area contributed by atoms with Gasteiger partial charge in [0, 0.05) is 23.9 Å². The average Bonchev–Trinajstić information content (AvgIpc) is 3.03. The third-order valence-electron chi connectivity index (χ3n) is 4.52. The van der Waals surface area contributed by atoms with Gasteiger partial charge in [0.25, 0.3) is 5.56 Å². The van der Waals surface area contributed by atoms with Gasteiger partial charge in [0.2, 0.25) is 0 Å². The van der Waals surface area contributed by atoms with Crippen molar-refractivity contribution in [2.45, 2.75) is 33.2 Å². The third kappa shape index (κ3) is 3.35. The maximum atomic E-state index is 12.9. The Kier molecular flexibility index (Phi) is 5.08. The number of aromatic amines is 1. The topological polar surface area (TPSA) is 81.2 Å². The Morgan fingerprint density at radius 1 is 1.23 bits per heavy atom. The van der Waals surface area contributed by atoms with Gasteiger partial charge in [-0.25, -0.2) is 4.79 Å². The van der Waals surface area contributed by atoms with Crippen LogP contribution in [-0.2, 0) is 16.1 Å². The summed E-state index contributed by atoms with van der Waals surface area (Å²) in [6.45, 7) is 4.23. The zero-order chi connectivity index (χ0) is 18.8. The highest BCUT2D eigenvalue weighted by atomic mass is 32.1. The van der Waals surface area contributed by atoms with Crippen LogP contribution in [-0.4, -0.2) is 22.6 Å². The number of aryl methyl sites for hydroxylation is 2. The highest BCUT2D eigenvalue weighted by Gasteiger charge is 2.15. The molecule has 6 nitrogen and oxygen atoms in total. The lowest BCUT2D eigenvalue weighted by Crippen LogP contribution is -2.35. The highest BCUT2D eigenvalue weighted by Crippen LogP contribution is 2.31. The number of esters is 1. The van der Waals surface area contributed by atoms with Crippen LogP contribution in [0.4, 0.5) is 0 Å². The van der Waals surface area contributed by atoms with Gasteiger partial charge in [-0.3, -0.25) is 19.1 Å². The standard InChI is InChI=1S/C19H20N2O4S/c1-11-6-7-13(9-12(11)2)14-10-26-17-16(14)18(23)21(19(24)20-17)8-4-5-15(22)25-3/h6-7,9-10H,4-5,8H2,1-3H3,(H,20,24). The first kappa shape index (κ1) is 18.1. The minimum atomic E-state index is -0.458. The van der Waals surface area contributed by atoms with Crippen molar-refractivity contribution < 1.29 is 9.53 Å². The Morgan fingerprint density at radius 3 is 2.69 bits per heavy atom. The van der Waals surface area contributed by atoms with E-state index < -0.39 is 5.69 Å². The van der Waals surface area contributed by atoms with E-state index in [0.717, 1.165) is 21.3 Å². The van der Waals surface area contributed by atoms with Crippen molar-refractivity contribution in [3.8, 4) is 11.1 Å². The Hall–Kier alpha value is -2.67. The second-order valence-corrected chi connectivity index (χ2v) is 7.10. The summed E-state index contributed by atoms with van der Waals surface area (Å²) in [6.07, 6.45) is 0.526. The first-order chi connectivity index (χ1) is 12.4. The molecule has 3 rings (SSSR count). The molecule has 0 atom stereocenters. The van der Waals surface area contributed by atoms with Crippen LogP contribution in [0, 0.1) is 13.8 Å². The van der Waals surface area contributed by atoms with E-state index in [0.29, 0.717) is 16.6 Å². The molecule has 0 saturated heterocycles. The summed E-state index contributed by atoms with van der Waals surface area (Å²) in [7, 11) is 1.31. The number of H-pyrrole nitrogens is 1. The summed E-state index contributed by atoms with van der Waals surface area (Å²) < 4.78 is 5.75. The summed E-state index contributed by atoms with van der Waals surface area (Å²) in [6, 6.07) is 6.05. The Bertz CT molecular complexity index is 1090. The number of hydrogen-bond donors (Lipinski definition) is 1. The lowest BCUT2D eigenvalue weighted by atomic mass is 10.0. The summed E-state index contributed by atoms with van der Waals surface area (Å²) in [5.74, 6) is -0.359. The van der Waals surface area contributed by atoms with Gasteiger partial charge >= 0.3 is 11.7 Å². The number of methoxy groups -OCH3 is 1. The summed E-state index contributed by atoms with van der Waals surface area (Å²) in [5, 5.41) is 2.40. The monoisotopic (exact) mass is 372 g/mol. The van der Waals surface area contributed by atoms with Gasteiger partial charge in [-0.1, -0.05) is 18.2 Å². The van der Waals surface area contributed by atoms with Crippen molar-refractivity contribution in [1.29, 1.82) is 0 Å². The summed E-state index contributed by atoms with van der Waals surface area (Å²) in [4.78, 5) is 39.8. The molecular formula is C19H20N2O4S. The Morgan fingerprint density at radius 2 is 2.00 bits per heavy atom. The summed E-state index contributed by atoms with van der Waals surface area (Å²) >= 11 is 1.35. The van der Waals surface area contributed by atoms with E-state index in [1.54, 1.807) is 0 Å². The van der Waals surface area contributed by atoms with Crippen LogP contribution >= 0.6 is 11.3 Å². The maximum absolute atomic E-state index is 12.9. The molecule has 3 aromatic rings. The maximum Gasteiger partial charge on any atom is 0.329 e. The second-order valence-electron chi connectivity index (χ2n) is 6.22. The normalized spacial score (nSPS) is 11.0. The number of thiophene rings is 1. The Labute approximate surface area is 154 Å². The van der Waals surface area contributed by atoms with Crippen LogP contribution in [0.2, 0.25) is 0 Å². The van der Waals surface area contributed by atoms with Crippen LogP contribution in [0.1, 0.15) is 24.0 Å². The van der Waals surface area contributed by atoms with Gasteiger partial charge < -0.3 is 4.74 Å². The van der Waals surface area contributed by atoms with Gasteiger partial charge in [-0.05, 0) is 37.0 Å². The van der Waals surface area contributed by atoms with Crippen LogP contribution in [0.15, 0.2) is 33.2 Å². The summed E-state index contributed by atoms with van der Waals surface area (Å²) in [5.41, 5.74) is 3.30. The molecule has 136 valence electrons. The number of carbonyl (C=O) groups is 1. The molecule has 2 aromatic heterocycles. The number of carbonyl (C=O) groups excluding carboxylic acids is 1. The first-order valence-corrected chi connectivity index (χ1v) is 9.19. The molecule has 0 aliphatic heterocycles. The highest BCUT2D eigenvalue weighted by molar-refractivity contribution is 7.17. The molecule has 2 heterocycles. The van der Waals surface area contributed by atoms with Crippen LogP contribution in [0.3, 0.4) is 0 Å². The molecule has 0 spiro atoms. The number of nitrogens with zero attached hydrogens (tertiary/aromatic N) is 1. The number of hydrogen-bond acceptors (Lipinski definition) is 5. The zero-order valence-corrected chi connectivity index (χ0v) is 15.7. The van der Waals surface area contributed by atoms with Gasteiger partial charge in [0.1, 0.15) is 4.83 Å². The number of aromatic nitrogens is 2. The second kappa shape index (κ2) is 7.29. The van der Waals surface area contributed by atoms with Crippen LogP contribution < -0.4 is 11.2 Å². The molecule has 0 aliphatic carbocycles. The lowest BCUT2D eigenvalue weighted by molar-refractivity contribution is -0.140. The molecule has 7 heteroatoms. The SMILES string of the molecule is COC(=O)CCCn1c(=O)[nH]c2scc(-c3ccc(C)c(C)c3)c2c1=O. The van der Waals surface area contributed by atoms with E-state index in [2.05, 4.69) is 9.72 Å². The molecule has 0 aliphatic rings. The van der Waals surface area contributed by atoms with Crippen molar-refractivity contribution in [3.05, 3.63) is 55.5 Å². The largest absolute Gasteiger partial charge is 0.469 e. The predicted molar refractivity (Wildman–Crippen MR) is 103 cm³/mol. The van der Waals surface area contributed by atoms with Gasteiger partial charge in [0.15, 0.2) is 0 Å². The van der Waals surface area contributed by atoms with E-state index in [1.165, 1.54) is 24.0 Å². The van der Waals surface area contributed by atoms with Gasteiger partial charge in [-0.15, -0.1) is 11.3 Å². The molecule has 0 fully saturated rings. The van der Waals surface area contributed by atoms with E-state index >= 15 is 0 Å². The average molecular weight is 372 g/mol. The molecule has 0 radical (unpaired) electrons. The van der Waals surface area contributed by atoms with Crippen molar-refractivity contribution >= 4 is 27.5 Å². The quantitative estimate of drug-likeness (QED) is 0.698. The van der Waals surface area contributed by atoms with Crippen LogP contribution in [0.5, 0.6) is 0 Å². The first-order valence-electron chi connectivity index (χ1n) is 8.31. The molecule has 1 aromatic carbocycles. The zero-order valence-electron chi connectivity index (χ0n) is 14.9. The molecule has 0 amide bonds. The molecule has 1 N–H and O–H groups in total. The van der Waals surface area contributed by atoms with Crippen LogP contribution in [0.25, 0.3) is 21.3 Å². The number of ether oxygens (including phenoxy) is 1. The minimum Gasteiger partial charge on any atom is -0.469 e. The van der Waals surface area contributed by atoms with Crippen molar-refractivity contribution in [2.75, 3.05) is 7.11 Å². The lowest BCUT2D eigenvalue weighted by Gasteiger charge is -2.07. The van der Waals surface area contributed by atoms with Gasteiger partial charge in [-0.2, -0.15) is 0 Å². The number of rotatable bonds is 5. The fourth-order valence-corrected chi connectivity index (χ4v) is 3.81. The smallest absolute Gasteiger partial charge is 0.329 e. The molecule has 0 saturated carbocycles. The fraction of sp³-hybridized carbons (Fsp3) is 0.316. The van der Waals surface area contributed by atoms with Gasteiger partial charge in [0.05, 0.1) is 12.5 Å². The van der Waals surface area contributed by atoms with Crippen molar-refractivity contribution in [2.24, 2.45) is 0 Å². The minimum absolute atomic E-state index is 0.161. The van der Waals surface area contributed by atoms with Crippen molar-refractivity contribution in [1.82, 2.24) is 9.55 Å². The van der Waals surface area contributed by atoms with E-state index in [4.69, 9.17) is 0 Å². The number of benzene rings is 1. The molecular weight excluding hydrogens is 352 g/mol. The number of fused-ring (bicyclic) bond motifs is 1. The number of nitrogens with one attached hydrogen (secondary N) is 1. The van der Waals surface area contributed by atoms with E-state index in [9.17, 15) is 14.4 Å². The Balaban J connectivity index is 2.06. The fourth-order valence-electron chi connectivity index (χ4n) is 2.86. The molecule has 0 bridgehead atoms. The van der Waals surface area contributed by atoms with E-state index in [-0.39, 0.29) is 24.5 Å². The van der Waals surface area contributed by atoms with E-state index in [1.807, 2.05) is 37.4 Å². The molecule has 26 heavy (non-hydrogen) atoms.